The fourth-order valence-corrected chi connectivity index (χ4v) is 2.06. The number of methoxy groups -OCH3 is 1. The Morgan fingerprint density at radius 1 is 1.41 bits per heavy atom. The number of hydrogen-bond donors (Lipinski definition) is 0. The molecule has 5 nitrogen and oxygen atoms in total. The molecule has 1 rings (SSSR count). The van der Waals surface area contributed by atoms with Gasteiger partial charge in [-0.25, -0.2) is 4.79 Å². The topological polar surface area (TPSA) is 55.8 Å². The first kappa shape index (κ1) is 14.0. The highest BCUT2D eigenvalue weighted by Crippen LogP contribution is 2.19. The van der Waals surface area contributed by atoms with Crippen LogP contribution in [-0.4, -0.2) is 49.7 Å². The number of hydrogen-bond acceptors (Lipinski definition) is 4. The fraction of sp³-hybridized carbons (Fsp3) is 0.833. The van der Waals surface area contributed by atoms with E-state index in [9.17, 15) is 9.59 Å². The Hall–Kier alpha value is -1.10. The van der Waals surface area contributed by atoms with E-state index in [1.54, 1.807) is 18.9 Å². The maximum atomic E-state index is 11.9. The molecular formula is C12H21NO4. The summed E-state index contributed by atoms with van der Waals surface area (Å²) in [6.45, 7) is 3.37. The molecule has 98 valence electrons. The summed E-state index contributed by atoms with van der Waals surface area (Å²) >= 11 is 0. The third-order valence-corrected chi connectivity index (χ3v) is 2.87. The molecule has 1 fully saturated rings. The van der Waals surface area contributed by atoms with Crippen LogP contribution in [0.15, 0.2) is 0 Å². The molecule has 0 aromatic heterocycles. The van der Waals surface area contributed by atoms with Gasteiger partial charge in [0.25, 0.3) is 0 Å². The first-order valence-electron chi connectivity index (χ1n) is 6.15. The van der Waals surface area contributed by atoms with Gasteiger partial charge in [-0.1, -0.05) is 0 Å². The van der Waals surface area contributed by atoms with Gasteiger partial charge in [0, 0.05) is 26.7 Å². The SMILES string of the molecule is CCOC(=O)C1CCCN1C(=O)CCCOC. The van der Waals surface area contributed by atoms with Gasteiger partial charge < -0.3 is 14.4 Å². The second-order valence-corrected chi connectivity index (χ2v) is 4.09. The third kappa shape index (κ3) is 4.00. The van der Waals surface area contributed by atoms with E-state index in [2.05, 4.69) is 0 Å². The summed E-state index contributed by atoms with van der Waals surface area (Å²) in [6.07, 6.45) is 2.72. The summed E-state index contributed by atoms with van der Waals surface area (Å²) in [5.41, 5.74) is 0. The Morgan fingerprint density at radius 3 is 2.82 bits per heavy atom. The maximum absolute atomic E-state index is 11.9. The molecule has 5 heteroatoms. The minimum atomic E-state index is -0.370. The number of esters is 1. The van der Waals surface area contributed by atoms with Gasteiger partial charge in [0.1, 0.15) is 6.04 Å². The zero-order chi connectivity index (χ0) is 12.7. The number of amides is 1. The summed E-state index contributed by atoms with van der Waals surface area (Å²) in [5.74, 6) is -0.248. The van der Waals surface area contributed by atoms with Crippen molar-refractivity contribution in [1.82, 2.24) is 4.90 Å². The number of ether oxygens (including phenoxy) is 2. The van der Waals surface area contributed by atoms with Crippen LogP contribution in [0.5, 0.6) is 0 Å². The molecule has 1 saturated heterocycles. The molecule has 1 unspecified atom stereocenters. The number of carbonyl (C=O) groups excluding carboxylic acids is 2. The molecule has 0 saturated carbocycles. The predicted octanol–water partition coefficient (Wildman–Crippen LogP) is 0.967. The van der Waals surface area contributed by atoms with Crippen LogP contribution < -0.4 is 0 Å². The van der Waals surface area contributed by atoms with Gasteiger partial charge in [0.05, 0.1) is 6.61 Å². The van der Waals surface area contributed by atoms with E-state index >= 15 is 0 Å². The highest BCUT2D eigenvalue weighted by atomic mass is 16.5. The van der Waals surface area contributed by atoms with E-state index in [-0.39, 0.29) is 17.9 Å². The van der Waals surface area contributed by atoms with Crippen molar-refractivity contribution in [2.75, 3.05) is 26.9 Å². The molecule has 1 aliphatic heterocycles. The molecule has 1 amide bonds. The van der Waals surface area contributed by atoms with Crippen molar-refractivity contribution in [2.24, 2.45) is 0 Å². The fourth-order valence-electron chi connectivity index (χ4n) is 2.06. The lowest BCUT2D eigenvalue weighted by molar-refractivity contribution is -0.153. The van der Waals surface area contributed by atoms with Crippen LogP contribution in [0.1, 0.15) is 32.6 Å². The lowest BCUT2D eigenvalue weighted by Gasteiger charge is -2.23. The summed E-state index contributed by atoms with van der Waals surface area (Å²) < 4.78 is 9.88. The largest absolute Gasteiger partial charge is 0.464 e. The first-order valence-corrected chi connectivity index (χ1v) is 6.15. The molecule has 0 aliphatic carbocycles. The van der Waals surface area contributed by atoms with E-state index in [0.717, 1.165) is 12.8 Å². The molecular weight excluding hydrogens is 222 g/mol. The second-order valence-electron chi connectivity index (χ2n) is 4.09. The summed E-state index contributed by atoms with van der Waals surface area (Å²) in [5, 5.41) is 0. The molecule has 0 spiro atoms. The normalized spacial score (nSPS) is 19.4. The molecule has 0 aromatic carbocycles. The Kier molecular flexibility index (Phi) is 5.97. The number of nitrogens with zero attached hydrogens (tertiary/aromatic N) is 1. The molecule has 1 aliphatic rings. The van der Waals surface area contributed by atoms with E-state index in [1.807, 2.05) is 0 Å². The van der Waals surface area contributed by atoms with Gasteiger partial charge >= 0.3 is 5.97 Å². The maximum Gasteiger partial charge on any atom is 0.328 e. The van der Waals surface area contributed by atoms with Crippen molar-refractivity contribution >= 4 is 11.9 Å². The lowest BCUT2D eigenvalue weighted by atomic mass is 10.2. The smallest absolute Gasteiger partial charge is 0.328 e. The average molecular weight is 243 g/mol. The molecule has 0 N–H and O–H groups in total. The van der Waals surface area contributed by atoms with Gasteiger partial charge in [-0.2, -0.15) is 0 Å². The van der Waals surface area contributed by atoms with Crippen LogP contribution in [0.2, 0.25) is 0 Å². The van der Waals surface area contributed by atoms with E-state index in [0.29, 0.717) is 32.6 Å². The van der Waals surface area contributed by atoms with Crippen molar-refractivity contribution in [3.8, 4) is 0 Å². The van der Waals surface area contributed by atoms with Crippen LogP contribution in [0.4, 0.5) is 0 Å². The summed E-state index contributed by atoms with van der Waals surface area (Å²) in [7, 11) is 1.61. The third-order valence-electron chi connectivity index (χ3n) is 2.87. The monoisotopic (exact) mass is 243 g/mol. The van der Waals surface area contributed by atoms with Crippen LogP contribution in [0.3, 0.4) is 0 Å². The number of carbonyl (C=O) groups is 2. The molecule has 0 radical (unpaired) electrons. The lowest BCUT2D eigenvalue weighted by Crippen LogP contribution is -2.41. The van der Waals surface area contributed by atoms with Crippen molar-refractivity contribution in [2.45, 2.75) is 38.6 Å². The Bertz CT molecular complexity index is 267. The highest BCUT2D eigenvalue weighted by Gasteiger charge is 2.34. The standard InChI is InChI=1S/C12H21NO4/c1-3-17-12(15)10-6-4-8-13(10)11(14)7-5-9-16-2/h10H,3-9H2,1-2H3. The molecule has 0 bridgehead atoms. The van der Waals surface area contributed by atoms with Gasteiger partial charge in [0.2, 0.25) is 5.91 Å². The van der Waals surface area contributed by atoms with Crippen molar-refractivity contribution in [3.63, 3.8) is 0 Å². The Balaban J connectivity index is 2.44. The summed E-state index contributed by atoms with van der Waals surface area (Å²) in [6, 6.07) is -0.370. The van der Waals surface area contributed by atoms with Crippen LogP contribution in [0.25, 0.3) is 0 Å². The number of rotatable bonds is 6. The van der Waals surface area contributed by atoms with E-state index < -0.39 is 0 Å². The average Bonchev–Trinajstić information content (AvgIpc) is 2.78. The Labute approximate surface area is 102 Å². The zero-order valence-corrected chi connectivity index (χ0v) is 10.6. The molecule has 0 aromatic rings. The van der Waals surface area contributed by atoms with E-state index in [4.69, 9.17) is 9.47 Å². The van der Waals surface area contributed by atoms with E-state index in [1.165, 1.54) is 0 Å². The highest BCUT2D eigenvalue weighted by molar-refractivity contribution is 5.85. The number of likely N-dealkylation sites (tertiary alicyclic amines) is 1. The van der Waals surface area contributed by atoms with Crippen LogP contribution in [-0.2, 0) is 19.1 Å². The van der Waals surface area contributed by atoms with Crippen molar-refractivity contribution < 1.29 is 19.1 Å². The summed E-state index contributed by atoms with van der Waals surface area (Å²) in [4.78, 5) is 25.2. The minimum Gasteiger partial charge on any atom is -0.464 e. The minimum absolute atomic E-state index is 0.0256. The van der Waals surface area contributed by atoms with Gasteiger partial charge in [-0.3, -0.25) is 4.79 Å². The molecule has 1 heterocycles. The zero-order valence-electron chi connectivity index (χ0n) is 10.6. The van der Waals surface area contributed by atoms with Gasteiger partial charge in [-0.15, -0.1) is 0 Å². The van der Waals surface area contributed by atoms with Crippen molar-refractivity contribution in [3.05, 3.63) is 0 Å². The molecule has 1 atom stereocenters. The van der Waals surface area contributed by atoms with Crippen molar-refractivity contribution in [1.29, 1.82) is 0 Å². The van der Waals surface area contributed by atoms with Crippen LogP contribution >= 0.6 is 0 Å². The molecule has 17 heavy (non-hydrogen) atoms. The predicted molar refractivity (Wildman–Crippen MR) is 62.5 cm³/mol. The van der Waals surface area contributed by atoms with Crippen LogP contribution in [0, 0.1) is 0 Å². The first-order chi connectivity index (χ1) is 8.20. The van der Waals surface area contributed by atoms with Gasteiger partial charge in [-0.05, 0) is 26.2 Å². The quantitative estimate of drug-likeness (QED) is 0.515. The van der Waals surface area contributed by atoms with Gasteiger partial charge in [0.15, 0.2) is 0 Å². The Morgan fingerprint density at radius 2 is 2.18 bits per heavy atom. The second kappa shape index (κ2) is 7.27.